The van der Waals surface area contributed by atoms with Crippen LogP contribution in [0.15, 0.2) is 48.5 Å². The number of hydrogen-bond donors (Lipinski definition) is 3. The van der Waals surface area contributed by atoms with Gasteiger partial charge >= 0.3 is 5.97 Å². The molecule has 0 radical (unpaired) electrons. The third kappa shape index (κ3) is 7.75. The second-order valence-electron chi connectivity index (χ2n) is 6.44. The second kappa shape index (κ2) is 12.0. The molecule has 2 aromatic carbocycles. The van der Waals surface area contributed by atoms with Gasteiger partial charge < -0.3 is 20.5 Å². The van der Waals surface area contributed by atoms with Crippen LogP contribution in [0.1, 0.15) is 29.6 Å². The number of carbonyl (C=O) groups excluding carboxylic acids is 3. The van der Waals surface area contributed by atoms with Crippen molar-refractivity contribution in [2.75, 3.05) is 19.7 Å². The van der Waals surface area contributed by atoms with Crippen LogP contribution in [0.25, 0.3) is 11.1 Å². The van der Waals surface area contributed by atoms with Crippen molar-refractivity contribution in [1.82, 2.24) is 10.6 Å². The number of rotatable bonds is 12. The molecule has 0 spiro atoms. The minimum atomic E-state index is -0.931. The molecule has 0 aliphatic heterocycles. The Morgan fingerprint density at radius 2 is 1.67 bits per heavy atom. The van der Waals surface area contributed by atoms with Crippen LogP contribution in [0.5, 0.6) is 5.75 Å². The normalized spacial score (nSPS) is 10.1. The average molecular weight is 412 g/mol. The van der Waals surface area contributed by atoms with Crippen LogP contribution in [0.4, 0.5) is 0 Å². The molecular formula is C22H24N2O6. The summed E-state index contributed by atoms with van der Waals surface area (Å²) in [5.41, 5.74) is 2.25. The highest BCUT2D eigenvalue weighted by Crippen LogP contribution is 2.23. The zero-order chi connectivity index (χ0) is 21.8. The van der Waals surface area contributed by atoms with E-state index in [0.717, 1.165) is 11.1 Å². The van der Waals surface area contributed by atoms with Crippen molar-refractivity contribution < 1.29 is 29.0 Å². The highest BCUT2D eigenvalue weighted by atomic mass is 16.5. The molecule has 3 N–H and O–H groups in total. The molecule has 8 nitrogen and oxygen atoms in total. The Bertz CT molecular complexity index is 879. The van der Waals surface area contributed by atoms with Gasteiger partial charge in [0.15, 0.2) is 6.29 Å². The minimum Gasteiger partial charge on any atom is -0.486 e. The second-order valence-corrected chi connectivity index (χ2v) is 6.44. The van der Waals surface area contributed by atoms with E-state index in [4.69, 9.17) is 9.84 Å². The molecule has 8 heteroatoms. The first-order valence-electron chi connectivity index (χ1n) is 9.53. The van der Waals surface area contributed by atoms with Gasteiger partial charge in [-0.05, 0) is 41.8 Å². The van der Waals surface area contributed by atoms with Gasteiger partial charge in [-0.15, -0.1) is 0 Å². The molecule has 0 aliphatic carbocycles. The van der Waals surface area contributed by atoms with E-state index in [0.29, 0.717) is 17.6 Å². The number of benzene rings is 2. The Hall–Kier alpha value is -3.68. The molecule has 30 heavy (non-hydrogen) atoms. The number of amides is 2. The fraction of sp³-hybridized carbons (Fsp3) is 0.273. The quantitative estimate of drug-likeness (QED) is 0.362. The summed E-state index contributed by atoms with van der Waals surface area (Å²) in [6, 6.07) is 14.3. The van der Waals surface area contributed by atoms with E-state index in [1.54, 1.807) is 30.3 Å². The highest BCUT2D eigenvalue weighted by molar-refractivity contribution is 5.95. The lowest BCUT2D eigenvalue weighted by molar-refractivity contribution is -0.137. The SMILES string of the molecule is O=CCOc1ccc(-c2cccc(C(=O)NCCNC(=O)CCCC(=O)O)c2)cc1. The molecule has 2 aromatic rings. The van der Waals surface area contributed by atoms with Crippen LogP contribution < -0.4 is 15.4 Å². The van der Waals surface area contributed by atoms with Crippen LogP contribution in [-0.4, -0.2) is 48.9 Å². The van der Waals surface area contributed by atoms with Gasteiger partial charge in [0.05, 0.1) is 0 Å². The van der Waals surface area contributed by atoms with Crippen molar-refractivity contribution in [3.63, 3.8) is 0 Å². The average Bonchev–Trinajstić information content (AvgIpc) is 2.75. The Labute approximate surface area is 174 Å². The van der Waals surface area contributed by atoms with Crippen molar-refractivity contribution in [2.45, 2.75) is 19.3 Å². The summed E-state index contributed by atoms with van der Waals surface area (Å²) < 4.78 is 5.22. The van der Waals surface area contributed by atoms with E-state index in [1.807, 2.05) is 18.2 Å². The van der Waals surface area contributed by atoms with Crippen molar-refractivity contribution >= 4 is 24.1 Å². The standard InChI is InChI=1S/C22H24N2O6/c25-13-14-30-19-9-7-16(8-10-19)17-3-1-4-18(15-17)22(29)24-12-11-23-20(26)5-2-6-21(27)28/h1,3-4,7-10,13,15H,2,5-6,11-12,14H2,(H,23,26)(H,24,29)(H,27,28). The first-order chi connectivity index (χ1) is 14.5. The van der Waals surface area contributed by atoms with Gasteiger partial charge in [0.1, 0.15) is 12.4 Å². The maximum Gasteiger partial charge on any atom is 0.303 e. The summed E-state index contributed by atoms with van der Waals surface area (Å²) in [6.45, 7) is 0.522. The van der Waals surface area contributed by atoms with Crippen molar-refractivity contribution in [2.24, 2.45) is 0 Å². The Kier molecular flexibility index (Phi) is 9.05. The molecule has 2 amide bonds. The summed E-state index contributed by atoms with van der Waals surface area (Å²) in [5, 5.41) is 13.9. The predicted molar refractivity (Wildman–Crippen MR) is 110 cm³/mol. The molecule has 0 unspecified atom stereocenters. The van der Waals surface area contributed by atoms with Crippen LogP contribution in [0.2, 0.25) is 0 Å². The zero-order valence-electron chi connectivity index (χ0n) is 16.4. The van der Waals surface area contributed by atoms with Crippen molar-refractivity contribution in [3.8, 4) is 16.9 Å². The molecule has 0 bridgehead atoms. The summed E-state index contributed by atoms with van der Waals surface area (Å²) >= 11 is 0. The van der Waals surface area contributed by atoms with Crippen LogP contribution >= 0.6 is 0 Å². The number of hydrogen-bond acceptors (Lipinski definition) is 5. The Morgan fingerprint density at radius 1 is 0.933 bits per heavy atom. The lowest BCUT2D eigenvalue weighted by Gasteiger charge is -2.09. The maximum atomic E-state index is 12.4. The van der Waals surface area contributed by atoms with Crippen LogP contribution in [0, 0.1) is 0 Å². The van der Waals surface area contributed by atoms with Gasteiger partial charge in [0, 0.05) is 31.5 Å². The fourth-order valence-electron chi connectivity index (χ4n) is 2.68. The number of carboxylic acid groups (broad SMARTS) is 1. The lowest BCUT2D eigenvalue weighted by Crippen LogP contribution is -2.34. The van der Waals surface area contributed by atoms with Gasteiger partial charge in [-0.2, -0.15) is 0 Å². The topological polar surface area (TPSA) is 122 Å². The lowest BCUT2D eigenvalue weighted by atomic mass is 10.0. The Balaban J connectivity index is 1.82. The minimum absolute atomic E-state index is 0.00219. The summed E-state index contributed by atoms with van der Waals surface area (Å²) in [4.78, 5) is 44.7. The van der Waals surface area contributed by atoms with E-state index in [-0.39, 0.29) is 50.8 Å². The molecule has 0 fully saturated rings. The van der Waals surface area contributed by atoms with Gasteiger partial charge in [-0.1, -0.05) is 24.3 Å². The van der Waals surface area contributed by atoms with Gasteiger partial charge in [0.2, 0.25) is 5.91 Å². The third-order valence-corrected chi connectivity index (χ3v) is 4.16. The number of aldehydes is 1. The molecular weight excluding hydrogens is 388 g/mol. The summed E-state index contributed by atoms with van der Waals surface area (Å²) in [6.07, 6.45) is 1.06. The summed E-state index contributed by atoms with van der Waals surface area (Å²) in [5.74, 6) is -0.847. The van der Waals surface area contributed by atoms with E-state index < -0.39 is 5.97 Å². The monoisotopic (exact) mass is 412 g/mol. The Morgan fingerprint density at radius 3 is 2.37 bits per heavy atom. The van der Waals surface area contributed by atoms with E-state index in [9.17, 15) is 19.2 Å². The fourth-order valence-corrected chi connectivity index (χ4v) is 2.68. The number of aliphatic carboxylic acids is 1. The first-order valence-corrected chi connectivity index (χ1v) is 9.53. The predicted octanol–water partition coefficient (Wildman–Crippen LogP) is 2.03. The molecule has 0 saturated carbocycles. The maximum absolute atomic E-state index is 12.4. The van der Waals surface area contributed by atoms with Crippen LogP contribution in [0.3, 0.4) is 0 Å². The molecule has 0 aromatic heterocycles. The van der Waals surface area contributed by atoms with Gasteiger partial charge in [-0.25, -0.2) is 0 Å². The molecule has 0 heterocycles. The number of carboxylic acids is 1. The van der Waals surface area contributed by atoms with Gasteiger partial charge in [-0.3, -0.25) is 19.2 Å². The van der Waals surface area contributed by atoms with E-state index in [2.05, 4.69) is 10.6 Å². The molecule has 2 rings (SSSR count). The zero-order valence-corrected chi connectivity index (χ0v) is 16.4. The number of carbonyl (C=O) groups is 4. The largest absolute Gasteiger partial charge is 0.486 e. The van der Waals surface area contributed by atoms with Crippen molar-refractivity contribution in [3.05, 3.63) is 54.1 Å². The molecule has 0 atom stereocenters. The van der Waals surface area contributed by atoms with Crippen LogP contribution in [-0.2, 0) is 14.4 Å². The highest BCUT2D eigenvalue weighted by Gasteiger charge is 2.08. The third-order valence-electron chi connectivity index (χ3n) is 4.16. The van der Waals surface area contributed by atoms with E-state index >= 15 is 0 Å². The summed E-state index contributed by atoms with van der Waals surface area (Å²) in [7, 11) is 0. The van der Waals surface area contributed by atoms with Crippen molar-refractivity contribution in [1.29, 1.82) is 0 Å². The molecule has 0 aliphatic rings. The smallest absolute Gasteiger partial charge is 0.303 e. The first kappa shape index (κ1) is 22.6. The molecule has 158 valence electrons. The number of ether oxygens (including phenoxy) is 1. The van der Waals surface area contributed by atoms with E-state index in [1.165, 1.54) is 0 Å². The van der Waals surface area contributed by atoms with Gasteiger partial charge in [0.25, 0.3) is 5.91 Å². The number of nitrogens with one attached hydrogen (secondary N) is 2. The molecule has 0 saturated heterocycles.